The fraction of sp³-hybridized carbons (Fsp3) is 0.500. The molecule has 0 heterocycles. The molecule has 42 valence electrons. The molecule has 0 rings (SSSR count). The van der Waals surface area contributed by atoms with Gasteiger partial charge in [-0.2, -0.15) is 0 Å². The van der Waals surface area contributed by atoms with E-state index in [1.54, 1.807) is 0 Å². The van der Waals surface area contributed by atoms with Crippen LogP contribution in [0.1, 0.15) is 0 Å². The van der Waals surface area contributed by atoms with E-state index in [1.807, 2.05) is 0 Å². The average molecular weight is 223 g/mol. The molecule has 4 nitrogen and oxygen atoms in total. The molecular weight excluding hydrogens is 215 g/mol. The first-order valence-corrected chi connectivity index (χ1v) is 3.41. The van der Waals surface area contributed by atoms with Gasteiger partial charge < -0.3 is 16.2 Å². The van der Waals surface area contributed by atoms with E-state index in [2.05, 4.69) is 9.95 Å². The maximum Gasteiger partial charge on any atom is 2.00 e. The van der Waals surface area contributed by atoms with E-state index in [-0.39, 0.29) is 25.6 Å². The van der Waals surface area contributed by atoms with Gasteiger partial charge in [-0.15, -0.1) is 0 Å². The zero-order chi connectivity index (χ0) is 5.41. The van der Waals surface area contributed by atoms with Crippen LogP contribution in [0.3, 0.4) is 0 Å². The largest absolute Gasteiger partial charge is 2.00 e. The average Bonchev–Trinajstić information content (AvgIpc) is 1.72. The Morgan fingerprint density at radius 1 is 1.62 bits per heavy atom. The number of nitrogens with two attached hydrogens (primary N) is 1. The molecule has 0 unspecified atom stereocenters. The van der Waals surface area contributed by atoms with E-state index < -0.39 is 0 Å². The predicted octanol–water partition coefficient (Wildman–Crippen LogP) is 0.315. The van der Waals surface area contributed by atoms with Crippen LogP contribution in [0.2, 0.25) is 0 Å². The standard InChI is InChI=1S/CH4NO2.CH2.H2N.2Zn/c1-4-2-3;;;;/h2H,1H3;2*1H2;;/q-1;;-1;;+2. The van der Waals surface area contributed by atoms with Gasteiger partial charge in [0.1, 0.15) is 0 Å². The molecule has 0 fully saturated rings. The van der Waals surface area contributed by atoms with Crippen LogP contribution in [-0.2, 0) is 42.2 Å². The van der Waals surface area contributed by atoms with Gasteiger partial charge >= 0.3 is 42.4 Å². The van der Waals surface area contributed by atoms with Crippen molar-refractivity contribution in [1.29, 1.82) is 0 Å². The second-order valence-electron chi connectivity index (χ2n) is 0.287. The topological polar surface area (TPSA) is 77.8 Å². The zero-order valence-electron chi connectivity index (χ0n) is 5.02. The maximum absolute atomic E-state index is 8.83. The first kappa shape index (κ1) is 23.1. The summed E-state index contributed by atoms with van der Waals surface area (Å²) in [5.74, 6) is 0. The molecule has 0 aromatic carbocycles. The van der Waals surface area contributed by atoms with Crippen molar-refractivity contribution in [3.8, 4) is 0 Å². The summed E-state index contributed by atoms with van der Waals surface area (Å²) in [5, 5.41) is 12.2. The molecule has 0 aliphatic carbocycles. The molecule has 8 heavy (non-hydrogen) atoms. The molecule has 0 atom stereocenters. The summed E-state index contributed by atoms with van der Waals surface area (Å²) >= 11 is 1.12. The van der Waals surface area contributed by atoms with Gasteiger partial charge in [-0.1, -0.05) is 0 Å². The van der Waals surface area contributed by atoms with E-state index in [0.29, 0.717) is 0 Å². The predicted molar refractivity (Wildman–Crippen MR) is 25.9 cm³/mol. The van der Waals surface area contributed by atoms with Gasteiger partial charge in [-0.05, 0) is 0 Å². The van der Waals surface area contributed by atoms with Crippen LogP contribution in [0.15, 0.2) is 0 Å². The molecule has 0 bridgehead atoms. The Morgan fingerprint density at radius 2 is 1.75 bits per heavy atom. The van der Waals surface area contributed by atoms with Crippen molar-refractivity contribution in [2.45, 2.75) is 0 Å². The molecule has 0 amide bonds. The molecule has 0 aliphatic heterocycles. The van der Waals surface area contributed by atoms with Gasteiger partial charge in [-0.3, -0.25) is 5.64 Å². The number of nitrogens with one attached hydrogen (secondary N) is 1. The van der Waals surface area contributed by atoms with E-state index in [1.165, 1.54) is 12.8 Å². The Kier molecular flexibility index (Phi) is 127. The molecule has 0 aromatic heterocycles. The fourth-order valence-electron chi connectivity index (χ4n) is 0. The first-order valence-electron chi connectivity index (χ1n) is 1.32. The molecule has 0 saturated heterocycles. The van der Waals surface area contributed by atoms with Crippen molar-refractivity contribution in [2.75, 3.05) is 7.11 Å². The van der Waals surface area contributed by atoms with Gasteiger partial charge in [0.2, 0.25) is 0 Å². The van der Waals surface area contributed by atoms with Crippen molar-refractivity contribution in [3.63, 3.8) is 0 Å². The summed E-state index contributed by atoms with van der Waals surface area (Å²) in [6, 6.07) is 0. The van der Waals surface area contributed by atoms with Gasteiger partial charge in [0, 0.05) is 0 Å². The Labute approximate surface area is 71.4 Å². The molecule has 0 saturated carbocycles. The fourth-order valence-corrected chi connectivity index (χ4v) is 0. The third-order valence-corrected chi connectivity index (χ3v) is 0.0833. The van der Waals surface area contributed by atoms with Crippen molar-refractivity contribution in [1.82, 2.24) is 5.64 Å². The Balaban J connectivity index is -0.0000000183. The van der Waals surface area contributed by atoms with Crippen molar-refractivity contribution in [2.24, 2.45) is 0 Å². The number of rotatable bonds is 1. The normalized spacial score (nSPS) is 4.50. The third-order valence-electron chi connectivity index (χ3n) is 0.0833. The molecule has 3 N–H and O–H groups in total. The monoisotopic (exact) mass is 220 g/mol. The Bertz CT molecular complexity index is 23.5. The minimum atomic E-state index is 0. The second-order valence-corrected chi connectivity index (χ2v) is 0.287. The van der Waals surface area contributed by atoms with E-state index in [9.17, 15) is 0 Å². The van der Waals surface area contributed by atoms with E-state index in [0.717, 1.165) is 17.9 Å². The quantitative estimate of drug-likeness (QED) is 0.513. The van der Waals surface area contributed by atoms with Gasteiger partial charge in [0.15, 0.2) is 0 Å². The summed E-state index contributed by atoms with van der Waals surface area (Å²) in [4.78, 5) is 3.74. The smallest absolute Gasteiger partial charge is 0.693 e. The van der Waals surface area contributed by atoms with Gasteiger partial charge in [0.05, 0.1) is 7.11 Å². The van der Waals surface area contributed by atoms with E-state index in [4.69, 9.17) is 5.21 Å². The minimum Gasteiger partial charge on any atom is -0.693 e. The molecule has 0 radical (unpaired) electrons. The summed E-state index contributed by atoms with van der Waals surface area (Å²) in [6.45, 7) is 0. The van der Waals surface area contributed by atoms with E-state index >= 15 is 0 Å². The molecule has 6 heteroatoms. The summed E-state index contributed by atoms with van der Waals surface area (Å²) in [6.07, 6.45) is 0. The van der Waals surface area contributed by atoms with Crippen LogP contribution in [0.4, 0.5) is 0 Å². The number of hydrogen-bond donors (Lipinski definition) is 1. The molecule has 0 aromatic rings. The van der Waals surface area contributed by atoms with Crippen molar-refractivity contribution in [3.05, 3.63) is 11.4 Å². The SMILES string of the molecule is CON[O-].[CH2]=[Zn].[NH2-].[Zn+2]. The second kappa shape index (κ2) is 44.0. The number of hydrogen-bond acceptors (Lipinski definition) is 3. The Morgan fingerprint density at radius 3 is 1.75 bits per heavy atom. The summed E-state index contributed by atoms with van der Waals surface area (Å²) < 4.78 is 0. The maximum atomic E-state index is 8.83. The molecule has 0 aliphatic rings. The summed E-state index contributed by atoms with van der Waals surface area (Å²) in [7, 11) is 1.26. The summed E-state index contributed by atoms with van der Waals surface area (Å²) in [5.41, 5.74) is 1.18. The molecular formula is C2H8N2O2Zn2. The minimum absolute atomic E-state index is 0. The van der Waals surface area contributed by atoms with Crippen LogP contribution in [0.25, 0.3) is 6.15 Å². The Hall–Kier alpha value is 0.957. The van der Waals surface area contributed by atoms with Crippen molar-refractivity contribution >= 4 is 5.11 Å². The third kappa shape index (κ3) is 64.5. The zero-order valence-corrected chi connectivity index (χ0v) is 10.9. The van der Waals surface area contributed by atoms with Crippen molar-refractivity contribution < 1.29 is 42.2 Å². The van der Waals surface area contributed by atoms with Crippen LogP contribution >= 0.6 is 0 Å². The first-order chi connectivity index (χ1) is 2.91. The molecule has 0 spiro atoms. The van der Waals surface area contributed by atoms with Crippen LogP contribution in [0, 0.1) is 5.21 Å². The van der Waals surface area contributed by atoms with Crippen LogP contribution in [-0.4, -0.2) is 12.2 Å². The van der Waals surface area contributed by atoms with Gasteiger partial charge in [0.25, 0.3) is 0 Å². The van der Waals surface area contributed by atoms with Crippen LogP contribution < -0.4 is 5.64 Å². The van der Waals surface area contributed by atoms with Gasteiger partial charge in [-0.25, -0.2) is 0 Å². The van der Waals surface area contributed by atoms with Crippen LogP contribution in [0.5, 0.6) is 0 Å².